The first kappa shape index (κ1) is 18.2. The summed E-state index contributed by atoms with van der Waals surface area (Å²) in [6.45, 7) is 0. The van der Waals surface area contributed by atoms with Crippen molar-refractivity contribution in [2.75, 3.05) is 0 Å². The summed E-state index contributed by atoms with van der Waals surface area (Å²) in [5.74, 6) is 0. The van der Waals surface area contributed by atoms with Crippen molar-refractivity contribution in [1.82, 2.24) is 0 Å². The van der Waals surface area contributed by atoms with Crippen molar-refractivity contribution in [2.45, 2.75) is 0 Å². The molecule has 0 radical (unpaired) electrons. The van der Waals surface area contributed by atoms with Crippen LogP contribution < -0.4 is 9.79 Å². The van der Waals surface area contributed by atoms with Crippen molar-refractivity contribution < 1.29 is 35.7 Å². The summed E-state index contributed by atoms with van der Waals surface area (Å²) in [5.41, 5.74) is 0. The molecule has 0 aromatic heterocycles. The minimum atomic E-state index is -5.89. The van der Waals surface area contributed by atoms with Crippen molar-refractivity contribution >= 4 is 53.7 Å². The van der Waals surface area contributed by atoms with E-state index in [1.165, 1.54) is 0 Å². The quantitative estimate of drug-likeness (QED) is 0.350. The van der Waals surface area contributed by atoms with Crippen molar-refractivity contribution in [3.63, 3.8) is 0 Å². The molecule has 4 nitrogen and oxygen atoms in total. The van der Waals surface area contributed by atoms with Crippen LogP contribution in [0.15, 0.2) is 0 Å². The van der Waals surface area contributed by atoms with Gasteiger partial charge in [-0.25, -0.2) is 0 Å². The Bertz CT molecular complexity index is 132. The fourth-order valence-corrected chi connectivity index (χ4v) is 0. The molecule has 0 aromatic rings. The van der Waals surface area contributed by atoms with E-state index in [4.69, 9.17) is 18.9 Å². The van der Waals surface area contributed by atoms with Gasteiger partial charge < -0.3 is 9.79 Å². The number of hydrogen-bond donors (Lipinski definition) is 0. The van der Waals surface area contributed by atoms with Gasteiger partial charge in [0.25, 0.3) is 0 Å². The molecule has 0 saturated carbocycles. The summed E-state index contributed by atoms with van der Waals surface area (Å²) in [4.78, 5) is 16.7. The Hall–Kier alpha value is 1.36. The Labute approximate surface area is 89.0 Å². The van der Waals surface area contributed by atoms with Crippen LogP contribution in [0.2, 0.25) is 0 Å². The summed E-state index contributed by atoms with van der Waals surface area (Å²) >= 11 is 0. The maximum atomic E-state index is 10.0. The fourth-order valence-electron chi connectivity index (χ4n) is 0. The zero-order chi connectivity index (χ0) is 9.00. The third-order valence-corrected chi connectivity index (χ3v) is 0. The van der Waals surface area contributed by atoms with Gasteiger partial charge in [-0.15, -0.1) is 0 Å². The molecule has 11 heteroatoms. The normalized spacial score (nSPS) is 10.7. The molecule has 0 atom stereocenters. The monoisotopic (exact) mass is 242 g/mol. The number of rotatable bonds is 0. The second-order valence-electron chi connectivity index (χ2n) is 0.829. The predicted molar refractivity (Wildman–Crippen MR) is 25.4 cm³/mol. The molecule has 0 unspecified atom stereocenters. The van der Waals surface area contributed by atoms with Crippen LogP contribution >= 0.6 is 16.0 Å². The molecule has 0 fully saturated rings. The van der Waals surface area contributed by atoms with Gasteiger partial charge in [0.15, 0.2) is 0 Å². The molecule has 0 aliphatic rings. The SMILES string of the molecule is O=P([O-])(F)F.O=P([O-])(F)F.[Ca+2]. The van der Waals surface area contributed by atoms with E-state index in [1.807, 2.05) is 0 Å². The van der Waals surface area contributed by atoms with E-state index in [2.05, 4.69) is 0 Å². The van der Waals surface area contributed by atoms with Gasteiger partial charge in [0, 0.05) is 0 Å². The molecule has 0 amide bonds. The third-order valence-electron chi connectivity index (χ3n) is 0. The molecule has 11 heavy (non-hydrogen) atoms. The molecule has 0 aliphatic carbocycles. The van der Waals surface area contributed by atoms with Crippen LogP contribution in [0.1, 0.15) is 0 Å². The van der Waals surface area contributed by atoms with Crippen LogP contribution in [0.5, 0.6) is 0 Å². The van der Waals surface area contributed by atoms with Gasteiger partial charge in [-0.1, -0.05) is 0 Å². The maximum Gasteiger partial charge on any atom is 2.00 e. The topological polar surface area (TPSA) is 80.3 Å². The first-order valence-electron chi connectivity index (χ1n) is 1.41. The Morgan fingerprint density at radius 1 is 0.818 bits per heavy atom. The Balaban J connectivity index is -0.000000107. The van der Waals surface area contributed by atoms with E-state index in [0.717, 1.165) is 0 Å². The molecule has 0 spiro atoms. The van der Waals surface area contributed by atoms with Crippen molar-refractivity contribution in [3.05, 3.63) is 0 Å². The van der Waals surface area contributed by atoms with Crippen LogP contribution in [0.4, 0.5) is 16.8 Å². The molecular formula is CaF4O4P2. The molecular weight excluding hydrogens is 242 g/mol. The second-order valence-corrected chi connectivity index (χ2v) is 2.49. The molecule has 0 rings (SSSR count). The first-order chi connectivity index (χ1) is 4.00. The summed E-state index contributed by atoms with van der Waals surface area (Å²) in [6.07, 6.45) is 0. The van der Waals surface area contributed by atoms with E-state index < -0.39 is 16.0 Å². The van der Waals surface area contributed by atoms with E-state index in [-0.39, 0.29) is 37.7 Å². The molecule has 0 aliphatic heterocycles. The van der Waals surface area contributed by atoms with Crippen LogP contribution in [-0.4, -0.2) is 37.7 Å². The zero-order valence-electron chi connectivity index (χ0n) is 4.75. The molecule has 0 bridgehead atoms. The van der Waals surface area contributed by atoms with E-state index in [9.17, 15) is 16.8 Å². The Morgan fingerprint density at radius 2 is 0.818 bits per heavy atom. The average molecular weight is 242 g/mol. The van der Waals surface area contributed by atoms with Crippen molar-refractivity contribution in [1.29, 1.82) is 0 Å². The fraction of sp³-hybridized carbons (Fsp3) is 0. The van der Waals surface area contributed by atoms with Crippen molar-refractivity contribution in [3.8, 4) is 0 Å². The van der Waals surface area contributed by atoms with Crippen LogP contribution in [-0.2, 0) is 9.13 Å². The minimum Gasteiger partial charge on any atom is -0.749 e. The summed E-state index contributed by atoms with van der Waals surface area (Å²) in [5, 5.41) is 0. The van der Waals surface area contributed by atoms with Gasteiger partial charge in [-0.05, 0) is 0 Å². The Kier molecular flexibility index (Phi) is 11.3. The van der Waals surface area contributed by atoms with Gasteiger partial charge in [0.05, 0.1) is 0 Å². The smallest absolute Gasteiger partial charge is 0.749 e. The molecule has 0 aromatic carbocycles. The maximum absolute atomic E-state index is 10.0. The van der Waals surface area contributed by atoms with Crippen molar-refractivity contribution in [2.24, 2.45) is 0 Å². The van der Waals surface area contributed by atoms with Gasteiger partial charge in [-0.3, -0.25) is 9.13 Å². The largest absolute Gasteiger partial charge is 2.00 e. The Morgan fingerprint density at radius 3 is 0.818 bits per heavy atom. The first-order valence-corrected chi connectivity index (χ1v) is 4.22. The van der Waals surface area contributed by atoms with E-state index in [0.29, 0.717) is 0 Å². The summed E-state index contributed by atoms with van der Waals surface area (Å²) < 4.78 is 56.7. The van der Waals surface area contributed by atoms with Gasteiger partial charge >= 0.3 is 53.7 Å². The van der Waals surface area contributed by atoms with Gasteiger partial charge in [-0.2, -0.15) is 16.8 Å². The number of hydrogen-bond acceptors (Lipinski definition) is 4. The van der Waals surface area contributed by atoms with Crippen LogP contribution in [0.3, 0.4) is 0 Å². The summed E-state index contributed by atoms with van der Waals surface area (Å²) in [6, 6.07) is 0. The second kappa shape index (κ2) is 6.83. The van der Waals surface area contributed by atoms with Gasteiger partial charge in [0.1, 0.15) is 0 Å². The standard InChI is InChI=1S/Ca.2F2HO2P/c;2*1-5(2,3)4/h;2*(H,3,4)/q+2;;/p-2. The minimum absolute atomic E-state index is 0. The van der Waals surface area contributed by atoms with E-state index in [1.54, 1.807) is 0 Å². The zero-order valence-corrected chi connectivity index (χ0v) is 8.74. The predicted octanol–water partition coefficient (Wildman–Crippen LogP) is 0.407. The molecule has 0 saturated heterocycles. The average Bonchev–Trinajstić information content (AvgIpc) is 1.12. The van der Waals surface area contributed by atoms with Crippen LogP contribution in [0.25, 0.3) is 0 Å². The van der Waals surface area contributed by atoms with E-state index >= 15 is 0 Å². The van der Waals surface area contributed by atoms with Crippen LogP contribution in [0, 0.1) is 0 Å². The number of halogens is 4. The van der Waals surface area contributed by atoms with Gasteiger partial charge in [0.2, 0.25) is 0 Å². The third kappa shape index (κ3) is 538. The molecule has 64 valence electrons. The molecule has 0 heterocycles. The summed E-state index contributed by atoms with van der Waals surface area (Å²) in [7, 11) is -11.8. The molecule has 0 N–H and O–H groups in total.